The van der Waals surface area contributed by atoms with E-state index in [9.17, 15) is 26.0 Å². The maximum atomic E-state index is 13.3. The molecule has 0 spiro atoms. The van der Waals surface area contributed by atoms with Crippen LogP contribution in [0.3, 0.4) is 0 Å². The molecular formula is C15H12BrF4NO2S. The molecule has 0 fully saturated rings. The average Bonchev–Trinajstić information content (AvgIpc) is 2.47. The topological polar surface area (TPSA) is 46.2 Å². The van der Waals surface area contributed by atoms with Gasteiger partial charge in [-0.25, -0.2) is 12.8 Å². The number of alkyl halides is 3. The third kappa shape index (κ3) is 4.07. The van der Waals surface area contributed by atoms with E-state index in [0.29, 0.717) is 28.6 Å². The molecule has 0 aromatic heterocycles. The lowest BCUT2D eigenvalue weighted by Gasteiger charge is -2.14. The number of anilines is 1. The fourth-order valence-electron chi connectivity index (χ4n) is 2.10. The van der Waals surface area contributed by atoms with Gasteiger partial charge in [0.1, 0.15) is 5.82 Å². The Morgan fingerprint density at radius 3 is 2.38 bits per heavy atom. The molecule has 3 nitrogen and oxygen atoms in total. The monoisotopic (exact) mass is 425 g/mol. The molecule has 2 rings (SSSR count). The first kappa shape index (κ1) is 18.7. The summed E-state index contributed by atoms with van der Waals surface area (Å²) in [5, 5.41) is 0. The molecule has 0 amide bonds. The lowest BCUT2D eigenvalue weighted by Crippen LogP contribution is -2.16. The summed E-state index contributed by atoms with van der Waals surface area (Å²) in [5.74, 6) is -1.47. The quantitative estimate of drug-likeness (QED) is 0.702. The van der Waals surface area contributed by atoms with Crippen LogP contribution < -0.4 is 4.72 Å². The minimum absolute atomic E-state index is 0.0499. The van der Waals surface area contributed by atoms with Crippen LogP contribution in [0.5, 0.6) is 0 Å². The van der Waals surface area contributed by atoms with Gasteiger partial charge in [-0.1, -0.05) is 22.9 Å². The normalized spacial score (nSPS) is 12.2. The number of hydrogen-bond acceptors (Lipinski definition) is 2. The lowest BCUT2D eigenvalue weighted by atomic mass is 10.2. The molecule has 0 saturated heterocycles. The molecule has 0 aliphatic heterocycles. The van der Waals surface area contributed by atoms with Gasteiger partial charge in [-0.2, -0.15) is 13.2 Å². The minimum atomic E-state index is -4.92. The van der Waals surface area contributed by atoms with Crippen molar-refractivity contribution in [3.05, 3.63) is 57.8 Å². The Bertz CT molecular complexity index is 866. The van der Waals surface area contributed by atoms with Crippen molar-refractivity contribution in [2.45, 2.75) is 24.4 Å². The molecule has 0 saturated carbocycles. The summed E-state index contributed by atoms with van der Waals surface area (Å²) in [6.45, 7) is 1.75. The minimum Gasteiger partial charge on any atom is -0.280 e. The van der Waals surface area contributed by atoms with Gasteiger partial charge in [-0.3, -0.25) is 4.72 Å². The van der Waals surface area contributed by atoms with Crippen LogP contribution in [-0.2, 0) is 22.6 Å². The second-order valence-corrected chi connectivity index (χ2v) is 7.47. The van der Waals surface area contributed by atoms with Crippen molar-refractivity contribution in [1.82, 2.24) is 0 Å². The van der Waals surface area contributed by atoms with Crippen LogP contribution >= 0.6 is 15.9 Å². The van der Waals surface area contributed by atoms with Crippen LogP contribution in [0.15, 0.2) is 45.8 Å². The van der Waals surface area contributed by atoms with Crippen molar-refractivity contribution >= 4 is 31.6 Å². The van der Waals surface area contributed by atoms with E-state index in [4.69, 9.17) is 0 Å². The average molecular weight is 426 g/mol. The summed E-state index contributed by atoms with van der Waals surface area (Å²) in [6, 6.07) is 6.41. The highest BCUT2D eigenvalue weighted by Gasteiger charge is 2.34. The van der Waals surface area contributed by atoms with E-state index in [-0.39, 0.29) is 10.6 Å². The number of benzene rings is 2. The summed E-state index contributed by atoms with van der Waals surface area (Å²) in [4.78, 5) is -0.0499. The maximum absolute atomic E-state index is 13.3. The van der Waals surface area contributed by atoms with E-state index < -0.39 is 27.6 Å². The van der Waals surface area contributed by atoms with E-state index in [0.717, 1.165) is 6.07 Å². The molecule has 2 aromatic rings. The third-order valence-corrected chi connectivity index (χ3v) is 5.19. The summed E-state index contributed by atoms with van der Waals surface area (Å²) < 4.78 is 79.1. The predicted molar refractivity (Wildman–Crippen MR) is 85.7 cm³/mol. The largest absolute Gasteiger partial charge is 0.419 e. The molecule has 0 atom stereocenters. The fraction of sp³-hybridized carbons (Fsp3) is 0.200. The molecule has 130 valence electrons. The number of rotatable bonds is 4. The number of nitrogens with one attached hydrogen (secondary N) is 1. The number of aryl methyl sites for hydroxylation is 1. The zero-order chi connectivity index (χ0) is 18.1. The summed E-state index contributed by atoms with van der Waals surface area (Å²) in [7, 11) is -4.11. The molecule has 0 aliphatic rings. The molecule has 9 heteroatoms. The molecule has 0 unspecified atom stereocenters. The Labute approximate surface area is 144 Å². The Balaban J connectivity index is 2.44. The SMILES string of the molecule is CCc1cc(Br)ccc1S(=O)(=O)Nc1ccc(F)c(C(F)(F)F)c1. The molecule has 1 N–H and O–H groups in total. The number of halogens is 5. The summed E-state index contributed by atoms with van der Waals surface area (Å²) >= 11 is 3.23. The second kappa shape index (κ2) is 6.72. The third-order valence-electron chi connectivity index (χ3n) is 3.22. The van der Waals surface area contributed by atoms with Gasteiger partial charge >= 0.3 is 6.18 Å². The first-order chi connectivity index (χ1) is 11.0. The molecule has 0 aliphatic carbocycles. The highest BCUT2D eigenvalue weighted by molar-refractivity contribution is 9.10. The number of hydrogen-bond donors (Lipinski definition) is 1. The predicted octanol–water partition coefficient (Wildman–Crippen LogP) is 4.97. The van der Waals surface area contributed by atoms with Crippen LogP contribution in [0.4, 0.5) is 23.2 Å². The highest BCUT2D eigenvalue weighted by Crippen LogP contribution is 2.33. The van der Waals surface area contributed by atoms with E-state index in [1.165, 1.54) is 12.1 Å². The van der Waals surface area contributed by atoms with E-state index in [2.05, 4.69) is 20.7 Å². The molecule has 0 heterocycles. The van der Waals surface area contributed by atoms with Crippen LogP contribution in [-0.4, -0.2) is 8.42 Å². The fourth-order valence-corrected chi connectivity index (χ4v) is 3.85. The first-order valence-electron chi connectivity index (χ1n) is 6.72. The number of sulfonamides is 1. The van der Waals surface area contributed by atoms with Crippen molar-refractivity contribution in [2.24, 2.45) is 0 Å². The zero-order valence-electron chi connectivity index (χ0n) is 12.3. The van der Waals surface area contributed by atoms with E-state index in [1.54, 1.807) is 13.0 Å². The van der Waals surface area contributed by atoms with Gasteiger partial charge < -0.3 is 0 Å². The lowest BCUT2D eigenvalue weighted by molar-refractivity contribution is -0.139. The highest BCUT2D eigenvalue weighted by atomic mass is 79.9. The molecule has 0 radical (unpaired) electrons. The molecule has 2 aromatic carbocycles. The van der Waals surface area contributed by atoms with Crippen molar-refractivity contribution in [3.8, 4) is 0 Å². The molecule has 0 bridgehead atoms. The van der Waals surface area contributed by atoms with Gasteiger partial charge in [0.25, 0.3) is 10.0 Å². The Morgan fingerprint density at radius 2 is 1.79 bits per heavy atom. The van der Waals surface area contributed by atoms with Crippen LogP contribution in [0.25, 0.3) is 0 Å². The molecule has 24 heavy (non-hydrogen) atoms. The summed E-state index contributed by atoms with van der Waals surface area (Å²) in [6.07, 6.45) is -4.51. The second-order valence-electron chi connectivity index (χ2n) is 4.90. The smallest absolute Gasteiger partial charge is 0.280 e. The Morgan fingerprint density at radius 1 is 1.12 bits per heavy atom. The van der Waals surface area contributed by atoms with Crippen molar-refractivity contribution in [1.29, 1.82) is 0 Å². The first-order valence-corrected chi connectivity index (χ1v) is 9.00. The van der Waals surface area contributed by atoms with Gasteiger partial charge in [-0.05, 0) is 48.4 Å². The van der Waals surface area contributed by atoms with Gasteiger partial charge in [0.2, 0.25) is 0 Å². The Kier molecular flexibility index (Phi) is 5.24. The maximum Gasteiger partial charge on any atom is 0.419 e. The van der Waals surface area contributed by atoms with Crippen molar-refractivity contribution in [2.75, 3.05) is 4.72 Å². The van der Waals surface area contributed by atoms with Crippen molar-refractivity contribution in [3.63, 3.8) is 0 Å². The van der Waals surface area contributed by atoms with E-state index >= 15 is 0 Å². The van der Waals surface area contributed by atoms with Crippen LogP contribution in [0.1, 0.15) is 18.1 Å². The van der Waals surface area contributed by atoms with Gasteiger partial charge in [0.05, 0.1) is 10.5 Å². The standard InChI is InChI=1S/C15H12BrF4NO2S/c1-2-9-7-10(16)3-6-14(9)24(22,23)21-11-4-5-13(17)12(8-11)15(18,19)20/h3-8,21H,2H2,1H3. The summed E-state index contributed by atoms with van der Waals surface area (Å²) in [5.41, 5.74) is -1.40. The van der Waals surface area contributed by atoms with Gasteiger partial charge in [0.15, 0.2) is 0 Å². The zero-order valence-corrected chi connectivity index (χ0v) is 14.7. The van der Waals surface area contributed by atoms with Gasteiger partial charge in [0, 0.05) is 10.2 Å². The van der Waals surface area contributed by atoms with Crippen LogP contribution in [0.2, 0.25) is 0 Å². The van der Waals surface area contributed by atoms with Gasteiger partial charge in [-0.15, -0.1) is 0 Å². The van der Waals surface area contributed by atoms with Crippen molar-refractivity contribution < 1.29 is 26.0 Å². The Hall–Kier alpha value is -1.61. The van der Waals surface area contributed by atoms with Crippen LogP contribution in [0, 0.1) is 5.82 Å². The molecular weight excluding hydrogens is 414 g/mol. The van der Waals surface area contributed by atoms with E-state index in [1.807, 2.05) is 0 Å².